The highest BCUT2D eigenvalue weighted by molar-refractivity contribution is 6.06. The fourth-order valence-electron chi connectivity index (χ4n) is 9.08. The molecule has 2 saturated heterocycles. The van der Waals surface area contributed by atoms with Crippen LogP contribution in [-0.2, 0) is 41.6 Å². The van der Waals surface area contributed by atoms with Crippen LogP contribution in [0.3, 0.4) is 0 Å². The summed E-state index contributed by atoms with van der Waals surface area (Å²) < 4.78 is 0. The van der Waals surface area contributed by atoms with Crippen molar-refractivity contribution in [1.29, 1.82) is 0 Å². The fraction of sp³-hybridized carbons (Fsp3) is 0.556. The van der Waals surface area contributed by atoms with E-state index in [1.165, 1.54) is 4.90 Å². The van der Waals surface area contributed by atoms with E-state index in [9.17, 15) is 24.0 Å². The number of nitrogens with two attached hydrogens (primary N) is 2. The van der Waals surface area contributed by atoms with Gasteiger partial charge in [0.15, 0.2) is 0 Å². The zero-order valence-corrected chi connectivity index (χ0v) is 34.3. The normalized spacial score (nSPS) is 24.5. The van der Waals surface area contributed by atoms with Crippen molar-refractivity contribution in [1.82, 2.24) is 30.7 Å². The molecule has 2 aromatic carbocycles. The molecule has 0 spiro atoms. The van der Waals surface area contributed by atoms with Gasteiger partial charge in [0.1, 0.15) is 30.2 Å². The van der Waals surface area contributed by atoms with Crippen molar-refractivity contribution in [3.63, 3.8) is 0 Å². The Morgan fingerprint density at radius 1 is 0.780 bits per heavy atom. The summed E-state index contributed by atoms with van der Waals surface area (Å²) in [7, 11) is 0. The number of fused-ring (bicyclic) bond motifs is 2. The second kappa shape index (κ2) is 20.7. The van der Waals surface area contributed by atoms with Gasteiger partial charge in [0.25, 0.3) is 5.91 Å². The van der Waals surface area contributed by atoms with Crippen LogP contribution in [0, 0.1) is 5.92 Å². The van der Waals surface area contributed by atoms with Gasteiger partial charge in [-0.25, -0.2) is 0 Å². The molecule has 1 aromatic heterocycles. The molecule has 3 heterocycles. The molecule has 59 heavy (non-hydrogen) atoms. The van der Waals surface area contributed by atoms with Gasteiger partial charge in [-0.2, -0.15) is 0 Å². The predicted molar refractivity (Wildman–Crippen MR) is 225 cm³/mol. The summed E-state index contributed by atoms with van der Waals surface area (Å²) in [6.45, 7) is 2.36. The van der Waals surface area contributed by atoms with Crippen molar-refractivity contribution in [3.05, 3.63) is 71.9 Å². The molecule has 3 aliphatic rings. The average molecular weight is 811 g/mol. The third kappa shape index (κ3) is 10.8. The van der Waals surface area contributed by atoms with E-state index < -0.39 is 71.7 Å². The number of nitrogens with zero attached hydrogens (tertiary/aromatic N) is 2. The first-order chi connectivity index (χ1) is 28.6. The molecule has 3 fully saturated rings. The van der Waals surface area contributed by atoms with Crippen molar-refractivity contribution in [2.24, 2.45) is 17.4 Å². The highest BCUT2D eigenvalue weighted by Gasteiger charge is 2.46. The number of aromatic amines is 1. The Hall–Kier alpha value is -5.08. The Morgan fingerprint density at radius 2 is 1.47 bits per heavy atom. The van der Waals surface area contributed by atoms with E-state index in [1.54, 1.807) is 6.20 Å². The van der Waals surface area contributed by atoms with E-state index in [0.717, 1.165) is 59.0 Å². The monoisotopic (exact) mass is 810 g/mol. The van der Waals surface area contributed by atoms with Crippen molar-refractivity contribution in [2.45, 2.75) is 139 Å². The molecule has 3 aromatic rings. The number of hydrogen-bond donors (Lipinski definition) is 6. The maximum atomic E-state index is 15.1. The van der Waals surface area contributed by atoms with Crippen LogP contribution in [0.25, 0.3) is 10.9 Å². The molecule has 8 N–H and O–H groups in total. The molecule has 0 bridgehead atoms. The first kappa shape index (κ1) is 43.5. The Kier molecular flexibility index (Phi) is 15.3. The fourth-order valence-corrected chi connectivity index (χ4v) is 9.08. The molecular weight excluding hydrogens is 749 g/mol. The molecule has 6 amide bonds. The lowest BCUT2D eigenvalue weighted by molar-refractivity contribution is -0.158. The molecule has 14 nitrogen and oxygen atoms in total. The lowest BCUT2D eigenvalue weighted by Crippen LogP contribution is -2.63. The number of carbonyl (C=O) groups excluding carboxylic acids is 6. The van der Waals surface area contributed by atoms with Gasteiger partial charge in [0.05, 0.1) is 6.04 Å². The number of imide groups is 1. The van der Waals surface area contributed by atoms with Crippen LogP contribution in [0.4, 0.5) is 0 Å². The van der Waals surface area contributed by atoms with Crippen molar-refractivity contribution in [2.75, 3.05) is 13.1 Å². The summed E-state index contributed by atoms with van der Waals surface area (Å²) in [6, 6.07) is 10.00. The topological polar surface area (TPSA) is 213 Å². The minimum atomic E-state index is -1.33. The average Bonchev–Trinajstić information content (AvgIpc) is 3.91. The minimum absolute atomic E-state index is 0.0394. The number of aromatic nitrogens is 1. The Balaban J connectivity index is 1.44. The zero-order chi connectivity index (χ0) is 41.9. The summed E-state index contributed by atoms with van der Waals surface area (Å²) in [4.78, 5) is 93.8. The van der Waals surface area contributed by atoms with Crippen LogP contribution in [0.15, 0.2) is 60.8 Å². The summed E-state index contributed by atoms with van der Waals surface area (Å²) in [6.07, 6.45) is 9.97. The number of H-pyrrole nitrogens is 1. The van der Waals surface area contributed by atoms with Crippen LogP contribution >= 0.6 is 0 Å². The highest BCUT2D eigenvalue weighted by atomic mass is 16.2. The third-order valence-corrected chi connectivity index (χ3v) is 12.3. The third-order valence-electron chi connectivity index (χ3n) is 12.3. The van der Waals surface area contributed by atoms with Gasteiger partial charge in [0.2, 0.25) is 29.5 Å². The summed E-state index contributed by atoms with van der Waals surface area (Å²) in [5, 5.41) is 9.81. The molecule has 1 aliphatic carbocycles. The van der Waals surface area contributed by atoms with E-state index in [1.807, 2.05) is 61.5 Å². The van der Waals surface area contributed by atoms with Crippen LogP contribution in [-0.4, -0.2) is 99.6 Å². The van der Waals surface area contributed by atoms with Gasteiger partial charge in [-0.3, -0.25) is 33.7 Å². The Labute approximate surface area is 346 Å². The maximum Gasteiger partial charge on any atom is 0.252 e. The van der Waals surface area contributed by atoms with Crippen molar-refractivity contribution < 1.29 is 28.8 Å². The lowest BCUT2D eigenvalue weighted by Gasteiger charge is -2.37. The summed E-state index contributed by atoms with van der Waals surface area (Å²) in [5.41, 5.74) is 15.0. The first-order valence-electron chi connectivity index (χ1n) is 21.7. The number of para-hydroxylation sites is 1. The van der Waals surface area contributed by atoms with Gasteiger partial charge in [-0.15, -0.1) is 0 Å². The summed E-state index contributed by atoms with van der Waals surface area (Å²) in [5.74, 6) is -3.50. The smallest absolute Gasteiger partial charge is 0.252 e. The molecule has 6 rings (SSSR count). The van der Waals surface area contributed by atoms with Crippen LogP contribution in [0.5, 0.6) is 0 Å². The first-order valence-corrected chi connectivity index (χ1v) is 21.7. The number of hydrogen-bond acceptors (Lipinski definition) is 8. The quantitative estimate of drug-likeness (QED) is 0.150. The molecular formula is C45H62N8O6. The van der Waals surface area contributed by atoms with Crippen LogP contribution < -0.4 is 27.4 Å². The number of carbonyl (C=O) groups is 6. The SMILES string of the molecule is CCCC[C@@H]1NC(=O)[C@H](Cc2c[nH]c3ccccc23)NC(=O)[C@H](CC2CCCCC2)NC(=O)[C@@H]2CCCN2C(=O)[C@H](CCCN)N(C(=O)[C@@H](N)Cc2ccccc2)C1=O. The van der Waals surface area contributed by atoms with Gasteiger partial charge < -0.3 is 37.3 Å². The number of rotatable bonds is 13. The van der Waals surface area contributed by atoms with Gasteiger partial charge in [0, 0.05) is 30.1 Å². The Morgan fingerprint density at radius 3 is 2.22 bits per heavy atom. The van der Waals surface area contributed by atoms with Crippen molar-refractivity contribution in [3.8, 4) is 0 Å². The number of nitrogens with one attached hydrogen (secondary N) is 4. The van der Waals surface area contributed by atoms with E-state index in [-0.39, 0.29) is 44.7 Å². The molecule has 6 atom stereocenters. The highest BCUT2D eigenvalue weighted by Crippen LogP contribution is 2.29. The van der Waals surface area contributed by atoms with E-state index in [4.69, 9.17) is 11.5 Å². The van der Waals surface area contributed by atoms with E-state index >= 15 is 4.79 Å². The molecule has 318 valence electrons. The number of amides is 6. The van der Waals surface area contributed by atoms with Crippen LogP contribution in [0.2, 0.25) is 0 Å². The molecule has 2 aliphatic heterocycles. The zero-order valence-electron chi connectivity index (χ0n) is 34.3. The predicted octanol–water partition coefficient (Wildman–Crippen LogP) is 3.36. The van der Waals surface area contributed by atoms with E-state index in [2.05, 4.69) is 20.9 Å². The Bertz CT molecular complexity index is 1930. The molecule has 0 unspecified atom stereocenters. The standard InChI is InChI=1S/C45H62N8O6/c1-2-3-19-35-44(58)53(43(57)33(47)25-29-14-6-4-7-15-29)39(21-12-23-46)45(59)52-24-13-22-38(52)42(56)51-36(26-30-16-8-5-9-17-30)40(54)50-37(41(55)49-35)27-31-28-48-34-20-11-10-18-32(31)34/h4,6-7,10-11,14-15,18,20,28,30,33,35-39,48H,2-3,5,8-9,12-13,16-17,19,21-27,46-47H2,1H3,(H,49,55)(H,50,54)(H,51,56)/t33-,35-,36-,37-,38-,39-/m0/s1. The second-order valence-electron chi connectivity index (χ2n) is 16.6. The largest absolute Gasteiger partial charge is 0.361 e. The maximum absolute atomic E-state index is 15.1. The minimum Gasteiger partial charge on any atom is -0.361 e. The second-order valence-corrected chi connectivity index (χ2v) is 16.6. The van der Waals surface area contributed by atoms with Gasteiger partial charge >= 0.3 is 0 Å². The summed E-state index contributed by atoms with van der Waals surface area (Å²) >= 11 is 0. The van der Waals surface area contributed by atoms with E-state index in [0.29, 0.717) is 38.5 Å². The lowest BCUT2D eigenvalue weighted by atomic mass is 9.84. The number of benzene rings is 2. The van der Waals surface area contributed by atoms with Crippen molar-refractivity contribution >= 4 is 46.3 Å². The number of unbranched alkanes of at least 4 members (excludes halogenated alkanes) is 1. The van der Waals surface area contributed by atoms with Gasteiger partial charge in [-0.1, -0.05) is 100 Å². The molecule has 0 radical (unpaired) electrons. The van der Waals surface area contributed by atoms with Gasteiger partial charge in [-0.05, 0) is 74.6 Å². The molecule has 1 saturated carbocycles. The molecule has 14 heteroatoms. The van der Waals surface area contributed by atoms with Crippen LogP contribution in [0.1, 0.15) is 102 Å².